The van der Waals surface area contributed by atoms with Crippen molar-refractivity contribution in [2.24, 2.45) is 0 Å². The number of hydrogen-bond acceptors (Lipinski definition) is 4. The van der Waals surface area contributed by atoms with Gasteiger partial charge < -0.3 is 14.8 Å². The molecule has 0 saturated heterocycles. The molecule has 1 unspecified atom stereocenters. The van der Waals surface area contributed by atoms with Gasteiger partial charge in [-0.15, -0.1) is 0 Å². The summed E-state index contributed by atoms with van der Waals surface area (Å²) in [6.07, 6.45) is 0.522. The van der Waals surface area contributed by atoms with E-state index in [1.54, 1.807) is 12.0 Å². The molecule has 6 heteroatoms. The van der Waals surface area contributed by atoms with Crippen LogP contribution in [0.25, 0.3) is 0 Å². The van der Waals surface area contributed by atoms with Crippen molar-refractivity contribution in [2.75, 3.05) is 18.6 Å². The number of rotatable bonds is 6. The maximum atomic E-state index is 12.8. The minimum absolute atomic E-state index is 0.136. The lowest BCUT2D eigenvalue weighted by Crippen LogP contribution is -2.47. The molecule has 0 radical (unpaired) electrons. The maximum absolute atomic E-state index is 12.8. The lowest BCUT2D eigenvalue weighted by Gasteiger charge is -2.23. The van der Waals surface area contributed by atoms with Gasteiger partial charge in [-0.05, 0) is 36.2 Å². The lowest BCUT2D eigenvalue weighted by atomic mass is 10.1. The van der Waals surface area contributed by atoms with Gasteiger partial charge in [-0.2, -0.15) is 0 Å². The van der Waals surface area contributed by atoms with Gasteiger partial charge in [0.1, 0.15) is 6.04 Å². The van der Waals surface area contributed by atoms with E-state index in [1.807, 2.05) is 49.4 Å². The Morgan fingerprint density at radius 1 is 1.19 bits per heavy atom. The van der Waals surface area contributed by atoms with Gasteiger partial charge in [0, 0.05) is 25.6 Å². The van der Waals surface area contributed by atoms with Crippen LogP contribution in [0.3, 0.4) is 0 Å². The second-order valence-corrected chi connectivity index (χ2v) is 6.37. The van der Waals surface area contributed by atoms with Crippen molar-refractivity contribution >= 4 is 17.5 Å². The topological polar surface area (TPSA) is 67.9 Å². The van der Waals surface area contributed by atoms with E-state index in [1.165, 1.54) is 6.92 Å². The van der Waals surface area contributed by atoms with Crippen LogP contribution in [-0.2, 0) is 22.6 Å². The Morgan fingerprint density at radius 2 is 1.96 bits per heavy atom. The molecule has 1 heterocycles. The summed E-state index contributed by atoms with van der Waals surface area (Å²) in [6.45, 7) is 4.27. The third-order valence-electron chi connectivity index (χ3n) is 4.61. The first kappa shape index (κ1) is 18.8. The zero-order valence-corrected chi connectivity index (χ0v) is 15.8. The molecule has 2 aromatic rings. The molecule has 0 fully saturated rings. The summed E-state index contributed by atoms with van der Waals surface area (Å²) in [5.74, 6) is 0.990. The summed E-state index contributed by atoms with van der Waals surface area (Å²) in [6, 6.07) is 12.7. The highest BCUT2D eigenvalue weighted by molar-refractivity contribution is 6.02. The van der Waals surface area contributed by atoms with Crippen molar-refractivity contribution in [1.82, 2.24) is 5.32 Å². The first-order chi connectivity index (χ1) is 13.0. The Hall–Kier alpha value is -3.02. The Morgan fingerprint density at radius 3 is 2.67 bits per heavy atom. The molecule has 0 aromatic heterocycles. The monoisotopic (exact) mass is 368 g/mol. The highest BCUT2D eigenvalue weighted by Gasteiger charge is 2.36. The Balaban J connectivity index is 1.71. The first-order valence-corrected chi connectivity index (χ1v) is 9.00. The van der Waals surface area contributed by atoms with E-state index in [4.69, 9.17) is 9.47 Å². The zero-order chi connectivity index (χ0) is 19.4. The molecule has 0 aliphatic carbocycles. The third kappa shape index (κ3) is 3.89. The van der Waals surface area contributed by atoms with Gasteiger partial charge in [0.25, 0.3) is 0 Å². The van der Waals surface area contributed by atoms with Crippen LogP contribution in [0.2, 0.25) is 0 Å². The quantitative estimate of drug-likeness (QED) is 0.851. The van der Waals surface area contributed by atoms with Gasteiger partial charge in [-0.1, -0.05) is 24.3 Å². The Bertz CT molecular complexity index is 850. The molecule has 1 aliphatic heterocycles. The average molecular weight is 368 g/mol. The predicted molar refractivity (Wildman–Crippen MR) is 103 cm³/mol. The Labute approximate surface area is 159 Å². The molecule has 2 aromatic carbocycles. The average Bonchev–Trinajstić information content (AvgIpc) is 3.06. The van der Waals surface area contributed by atoms with Crippen LogP contribution in [-0.4, -0.2) is 31.6 Å². The molecule has 142 valence electrons. The van der Waals surface area contributed by atoms with Crippen molar-refractivity contribution in [3.05, 3.63) is 53.6 Å². The van der Waals surface area contributed by atoms with Crippen molar-refractivity contribution in [1.29, 1.82) is 0 Å². The second kappa shape index (κ2) is 8.12. The fourth-order valence-electron chi connectivity index (χ4n) is 3.39. The highest BCUT2D eigenvalue weighted by atomic mass is 16.5. The molecular weight excluding hydrogens is 344 g/mol. The standard InChI is InChI=1S/C21H24N2O4/c1-4-27-20-11-15(9-10-19(20)26-3)13-22-21(25)18-12-16-7-5-6-8-17(16)23(18)14(2)24/h5-11,18H,4,12-13H2,1-3H3,(H,22,25). The number of ether oxygens (including phenoxy) is 2. The largest absolute Gasteiger partial charge is 0.493 e. The minimum Gasteiger partial charge on any atom is -0.493 e. The maximum Gasteiger partial charge on any atom is 0.243 e. The molecule has 0 saturated carbocycles. The summed E-state index contributed by atoms with van der Waals surface area (Å²) < 4.78 is 10.9. The number of nitrogens with one attached hydrogen (secondary N) is 1. The van der Waals surface area contributed by atoms with E-state index in [9.17, 15) is 9.59 Å². The summed E-state index contributed by atoms with van der Waals surface area (Å²) >= 11 is 0. The number of amides is 2. The zero-order valence-electron chi connectivity index (χ0n) is 15.8. The molecule has 27 heavy (non-hydrogen) atoms. The SMILES string of the molecule is CCOc1cc(CNC(=O)C2Cc3ccccc3N2C(C)=O)ccc1OC. The van der Waals surface area contributed by atoms with Crippen molar-refractivity contribution in [3.63, 3.8) is 0 Å². The smallest absolute Gasteiger partial charge is 0.243 e. The van der Waals surface area contributed by atoms with Gasteiger partial charge in [-0.3, -0.25) is 14.5 Å². The lowest BCUT2D eigenvalue weighted by molar-refractivity contribution is -0.125. The fourth-order valence-corrected chi connectivity index (χ4v) is 3.39. The molecule has 2 amide bonds. The van der Waals surface area contributed by atoms with Crippen LogP contribution in [0.5, 0.6) is 11.5 Å². The van der Waals surface area contributed by atoms with Crippen molar-refractivity contribution in [2.45, 2.75) is 32.9 Å². The van der Waals surface area contributed by atoms with Crippen molar-refractivity contribution in [3.8, 4) is 11.5 Å². The van der Waals surface area contributed by atoms with Gasteiger partial charge >= 0.3 is 0 Å². The normalized spacial score (nSPS) is 15.2. The summed E-state index contributed by atoms with van der Waals surface area (Å²) in [5, 5.41) is 2.94. The predicted octanol–water partition coefficient (Wildman–Crippen LogP) is 2.69. The number of nitrogens with zero attached hydrogens (tertiary/aromatic N) is 1. The summed E-state index contributed by atoms with van der Waals surface area (Å²) in [7, 11) is 1.59. The van der Waals surface area contributed by atoms with E-state index < -0.39 is 6.04 Å². The van der Waals surface area contributed by atoms with Crippen LogP contribution >= 0.6 is 0 Å². The molecule has 1 atom stereocenters. The first-order valence-electron chi connectivity index (χ1n) is 9.00. The molecule has 1 N–H and O–H groups in total. The van der Waals surface area contributed by atoms with Crippen LogP contribution in [0.1, 0.15) is 25.0 Å². The fraction of sp³-hybridized carbons (Fsp3) is 0.333. The molecule has 3 rings (SSSR count). The van der Waals surface area contributed by atoms with Crippen LogP contribution in [0.15, 0.2) is 42.5 Å². The molecule has 0 spiro atoms. The molecular formula is C21H24N2O4. The molecule has 1 aliphatic rings. The number of carbonyl (C=O) groups is 2. The summed E-state index contributed by atoms with van der Waals surface area (Å²) in [4.78, 5) is 26.4. The number of fused-ring (bicyclic) bond motifs is 1. The van der Waals surface area contributed by atoms with E-state index in [-0.39, 0.29) is 11.8 Å². The number of anilines is 1. The van der Waals surface area contributed by atoms with E-state index >= 15 is 0 Å². The minimum atomic E-state index is -0.524. The van der Waals surface area contributed by atoms with Crippen LogP contribution in [0.4, 0.5) is 5.69 Å². The van der Waals surface area contributed by atoms with Gasteiger partial charge in [-0.25, -0.2) is 0 Å². The molecule has 0 bridgehead atoms. The van der Waals surface area contributed by atoms with E-state index in [2.05, 4.69) is 5.32 Å². The number of carbonyl (C=O) groups excluding carboxylic acids is 2. The van der Waals surface area contributed by atoms with Crippen LogP contribution < -0.4 is 19.7 Å². The highest BCUT2D eigenvalue weighted by Crippen LogP contribution is 2.32. The number of methoxy groups -OCH3 is 1. The van der Waals surface area contributed by atoms with Gasteiger partial charge in [0.15, 0.2) is 11.5 Å². The van der Waals surface area contributed by atoms with Gasteiger partial charge in [0.2, 0.25) is 11.8 Å². The number of benzene rings is 2. The van der Waals surface area contributed by atoms with Crippen molar-refractivity contribution < 1.29 is 19.1 Å². The Kier molecular flexibility index (Phi) is 5.64. The third-order valence-corrected chi connectivity index (χ3v) is 4.61. The van der Waals surface area contributed by atoms with E-state index in [0.717, 1.165) is 16.8 Å². The van der Waals surface area contributed by atoms with Gasteiger partial charge in [0.05, 0.1) is 13.7 Å². The number of para-hydroxylation sites is 1. The number of hydrogen-bond donors (Lipinski definition) is 1. The van der Waals surface area contributed by atoms with Crippen LogP contribution in [0, 0.1) is 0 Å². The summed E-state index contributed by atoms with van der Waals surface area (Å²) in [5.41, 5.74) is 2.72. The van der Waals surface area contributed by atoms with E-state index in [0.29, 0.717) is 31.1 Å². The molecule has 6 nitrogen and oxygen atoms in total. The second-order valence-electron chi connectivity index (χ2n) is 6.37.